The molecule has 0 aliphatic heterocycles. The molecule has 1 aromatic heterocycles. The molecule has 1 heterocycles. The molecule has 2 N–H and O–H groups in total. The molecule has 1 aliphatic carbocycles. The summed E-state index contributed by atoms with van der Waals surface area (Å²) in [7, 11) is 3.61. The van der Waals surface area contributed by atoms with E-state index in [9.17, 15) is 4.79 Å². The van der Waals surface area contributed by atoms with Crippen LogP contribution >= 0.6 is 0 Å². The maximum absolute atomic E-state index is 12.2. The first-order valence-corrected chi connectivity index (χ1v) is 7.76. The summed E-state index contributed by atoms with van der Waals surface area (Å²) in [6.07, 6.45) is 10.1. The molecule has 118 valence electrons. The third-order valence-corrected chi connectivity index (χ3v) is 3.92. The molecule has 0 bridgehead atoms. The Hall–Kier alpha value is -1.40. The van der Waals surface area contributed by atoms with E-state index in [0.717, 1.165) is 18.4 Å². The van der Waals surface area contributed by atoms with E-state index in [4.69, 9.17) is 4.74 Å². The Bertz CT molecular complexity index is 441. The van der Waals surface area contributed by atoms with Crippen molar-refractivity contribution in [1.82, 2.24) is 20.4 Å². The number of aromatic nitrogens is 2. The van der Waals surface area contributed by atoms with E-state index in [1.165, 1.54) is 19.3 Å². The monoisotopic (exact) mass is 294 g/mol. The average molecular weight is 294 g/mol. The summed E-state index contributed by atoms with van der Waals surface area (Å²) in [5.41, 5.74) is 0.866. The van der Waals surface area contributed by atoms with E-state index in [1.807, 2.05) is 13.2 Å². The maximum atomic E-state index is 12.2. The van der Waals surface area contributed by atoms with Gasteiger partial charge in [-0.3, -0.25) is 9.48 Å². The molecule has 1 aromatic rings. The summed E-state index contributed by atoms with van der Waals surface area (Å²) in [5.74, 6) is -0.0438. The molecular formula is C15H26N4O2. The van der Waals surface area contributed by atoms with Crippen molar-refractivity contribution in [2.24, 2.45) is 7.05 Å². The van der Waals surface area contributed by atoms with Crippen molar-refractivity contribution < 1.29 is 9.53 Å². The van der Waals surface area contributed by atoms with Gasteiger partial charge in [0.15, 0.2) is 0 Å². The molecule has 1 saturated carbocycles. The lowest BCUT2D eigenvalue weighted by Gasteiger charge is -2.22. The lowest BCUT2D eigenvalue weighted by Crippen LogP contribution is -2.38. The second-order valence-electron chi connectivity index (χ2n) is 5.59. The van der Waals surface area contributed by atoms with Gasteiger partial charge in [-0.1, -0.05) is 19.3 Å². The zero-order valence-corrected chi connectivity index (χ0v) is 13.0. The summed E-state index contributed by atoms with van der Waals surface area (Å²) >= 11 is 0. The van der Waals surface area contributed by atoms with Gasteiger partial charge < -0.3 is 15.4 Å². The van der Waals surface area contributed by atoms with Crippen molar-refractivity contribution in [2.45, 2.75) is 44.2 Å². The Morgan fingerprint density at radius 1 is 1.48 bits per heavy atom. The van der Waals surface area contributed by atoms with Crippen LogP contribution in [0.1, 0.15) is 43.7 Å². The summed E-state index contributed by atoms with van der Waals surface area (Å²) in [6, 6.07) is -0.367. The zero-order valence-electron chi connectivity index (χ0n) is 13.0. The van der Waals surface area contributed by atoms with E-state index in [-0.39, 0.29) is 11.9 Å². The van der Waals surface area contributed by atoms with E-state index in [1.54, 1.807) is 17.9 Å². The van der Waals surface area contributed by atoms with Gasteiger partial charge in [-0.2, -0.15) is 5.10 Å². The minimum Gasteiger partial charge on any atom is -0.376 e. The normalized spacial score (nSPS) is 17.6. The predicted molar refractivity (Wildman–Crippen MR) is 80.8 cm³/mol. The van der Waals surface area contributed by atoms with E-state index in [0.29, 0.717) is 19.3 Å². The van der Waals surface area contributed by atoms with Crippen molar-refractivity contribution in [3.8, 4) is 0 Å². The molecule has 1 fully saturated rings. The van der Waals surface area contributed by atoms with Crippen LogP contribution in [0.5, 0.6) is 0 Å². The highest BCUT2D eigenvalue weighted by Crippen LogP contribution is 2.19. The molecule has 1 unspecified atom stereocenters. The van der Waals surface area contributed by atoms with Crippen LogP contribution in [-0.2, 0) is 16.6 Å². The van der Waals surface area contributed by atoms with Gasteiger partial charge >= 0.3 is 0 Å². The molecule has 21 heavy (non-hydrogen) atoms. The Labute approximate surface area is 126 Å². The number of hydrogen-bond acceptors (Lipinski definition) is 4. The topological polar surface area (TPSA) is 68.2 Å². The number of amides is 1. The summed E-state index contributed by atoms with van der Waals surface area (Å²) in [5, 5.41) is 10.0. The van der Waals surface area contributed by atoms with Gasteiger partial charge in [0, 0.05) is 25.4 Å². The van der Waals surface area contributed by atoms with Crippen molar-refractivity contribution in [1.29, 1.82) is 0 Å². The van der Waals surface area contributed by atoms with Crippen molar-refractivity contribution >= 4 is 5.91 Å². The minimum absolute atomic E-state index is 0.0438. The first-order chi connectivity index (χ1) is 10.2. The first kappa shape index (κ1) is 16.0. The number of ether oxygens (including phenoxy) is 1. The average Bonchev–Trinajstić information content (AvgIpc) is 2.92. The van der Waals surface area contributed by atoms with Gasteiger partial charge in [-0.05, 0) is 19.9 Å². The summed E-state index contributed by atoms with van der Waals surface area (Å²) in [6.45, 7) is 1.13. The quantitative estimate of drug-likeness (QED) is 0.740. The first-order valence-electron chi connectivity index (χ1n) is 7.76. The Balaban J connectivity index is 1.70. The lowest BCUT2D eigenvalue weighted by atomic mass is 9.98. The lowest BCUT2D eigenvalue weighted by molar-refractivity contribution is -0.123. The third-order valence-electron chi connectivity index (χ3n) is 3.92. The third kappa shape index (κ3) is 4.82. The highest BCUT2D eigenvalue weighted by Gasteiger charge is 2.20. The van der Waals surface area contributed by atoms with E-state index >= 15 is 0 Å². The summed E-state index contributed by atoms with van der Waals surface area (Å²) in [4.78, 5) is 12.2. The number of rotatable bonds is 7. The van der Waals surface area contributed by atoms with Crippen LogP contribution in [0.3, 0.4) is 0 Å². The number of likely N-dealkylation sites (N-methyl/N-ethyl adjacent to an activating group) is 1. The van der Waals surface area contributed by atoms with E-state index in [2.05, 4.69) is 15.7 Å². The predicted octanol–water partition coefficient (Wildman–Crippen LogP) is 1.15. The van der Waals surface area contributed by atoms with Gasteiger partial charge in [0.25, 0.3) is 0 Å². The molecule has 0 spiro atoms. The molecule has 1 amide bonds. The minimum atomic E-state index is -0.367. The fourth-order valence-corrected chi connectivity index (χ4v) is 2.77. The number of hydrogen-bond donors (Lipinski definition) is 2. The number of carbonyl (C=O) groups is 1. The fraction of sp³-hybridized carbons (Fsp3) is 0.733. The molecule has 2 rings (SSSR count). The summed E-state index contributed by atoms with van der Waals surface area (Å²) < 4.78 is 7.50. The zero-order chi connectivity index (χ0) is 15.1. The highest BCUT2D eigenvalue weighted by molar-refractivity contribution is 5.82. The van der Waals surface area contributed by atoms with E-state index < -0.39 is 0 Å². The number of nitrogens with zero attached hydrogens (tertiary/aromatic N) is 2. The standard InChI is InChI=1S/C15H26N4O2/c1-16-14(12-10-18-19(2)11-12)15(20)17-8-9-21-13-6-4-3-5-7-13/h10-11,13-14,16H,3-9H2,1-2H3,(H,17,20). The Kier molecular flexibility index (Phi) is 6.20. The SMILES string of the molecule is CNC(C(=O)NCCOC1CCCCC1)c1cnn(C)c1. The van der Waals surface area contributed by atoms with Crippen molar-refractivity contribution in [2.75, 3.05) is 20.2 Å². The van der Waals surface area contributed by atoms with Gasteiger partial charge in [0.05, 0.1) is 18.9 Å². The van der Waals surface area contributed by atoms with Crippen molar-refractivity contribution in [3.05, 3.63) is 18.0 Å². The Morgan fingerprint density at radius 2 is 2.24 bits per heavy atom. The second-order valence-corrected chi connectivity index (χ2v) is 5.59. The van der Waals surface area contributed by atoms with Crippen LogP contribution in [0.2, 0.25) is 0 Å². The van der Waals surface area contributed by atoms with Gasteiger partial charge in [-0.15, -0.1) is 0 Å². The molecule has 0 radical (unpaired) electrons. The van der Waals surface area contributed by atoms with Crippen LogP contribution in [0.4, 0.5) is 0 Å². The smallest absolute Gasteiger partial charge is 0.241 e. The van der Waals surface area contributed by atoms with Crippen LogP contribution in [-0.4, -0.2) is 42.0 Å². The van der Waals surface area contributed by atoms with Gasteiger partial charge in [0.2, 0.25) is 5.91 Å². The highest BCUT2D eigenvalue weighted by atomic mass is 16.5. The second kappa shape index (κ2) is 8.14. The largest absolute Gasteiger partial charge is 0.376 e. The maximum Gasteiger partial charge on any atom is 0.241 e. The molecule has 1 atom stereocenters. The molecule has 6 nitrogen and oxygen atoms in total. The Morgan fingerprint density at radius 3 is 2.86 bits per heavy atom. The van der Waals surface area contributed by atoms with Crippen LogP contribution < -0.4 is 10.6 Å². The van der Waals surface area contributed by atoms with Crippen LogP contribution in [0.15, 0.2) is 12.4 Å². The molecule has 0 aromatic carbocycles. The van der Waals surface area contributed by atoms with Gasteiger partial charge in [-0.25, -0.2) is 0 Å². The molecule has 1 aliphatic rings. The van der Waals surface area contributed by atoms with Gasteiger partial charge in [0.1, 0.15) is 6.04 Å². The van der Waals surface area contributed by atoms with Crippen LogP contribution in [0, 0.1) is 0 Å². The van der Waals surface area contributed by atoms with Crippen molar-refractivity contribution in [3.63, 3.8) is 0 Å². The number of aryl methyl sites for hydroxylation is 1. The van der Waals surface area contributed by atoms with Crippen LogP contribution in [0.25, 0.3) is 0 Å². The molecule has 6 heteroatoms. The number of carbonyl (C=O) groups excluding carboxylic acids is 1. The fourth-order valence-electron chi connectivity index (χ4n) is 2.77. The molecular weight excluding hydrogens is 268 g/mol. The molecule has 0 saturated heterocycles. The number of nitrogens with one attached hydrogen (secondary N) is 2.